The lowest BCUT2D eigenvalue weighted by Crippen LogP contribution is -2.28. The third-order valence-electron chi connectivity index (χ3n) is 10.8. The first kappa shape index (κ1) is 41.7. The number of thioether (sulfide) groups is 1. The van der Waals surface area contributed by atoms with Crippen LogP contribution in [0.1, 0.15) is 70.9 Å². The maximum Gasteiger partial charge on any atom is 0.264 e. The van der Waals surface area contributed by atoms with Crippen molar-refractivity contribution in [1.29, 1.82) is 0 Å². The Morgan fingerprint density at radius 3 is 2.29 bits per heavy atom. The normalized spacial score (nSPS) is 19.2. The number of para-hydroxylation sites is 2. The Kier molecular flexibility index (Phi) is 12.6. The third kappa shape index (κ3) is 9.43. The molecule has 6 rings (SSSR count). The molecule has 3 aromatic rings. The van der Waals surface area contributed by atoms with Crippen LogP contribution >= 0.6 is 24.0 Å². The standard InChI is InChI=1S/C43H47N3O6S4/c1-42(2)35-14-5-7-16-37(35)45(26-10-28-55(47,48)49)39(42)24-18-31-12-9-13-32(41(31)54-34-22-20-33(21-23-34)44-30-53)19-25-40-43(3,4)36-15-6-8-17-38(36)46(40)27-11-29-56(50,51)52/h5-8,14-25H,9-13,26-29H2,1-4H3,(H-,47,48,49,50,51,52). The summed E-state index contributed by atoms with van der Waals surface area (Å²) in [5.74, 6) is -0.739. The number of anilines is 1. The summed E-state index contributed by atoms with van der Waals surface area (Å²) in [6.45, 7) is 9.54. The van der Waals surface area contributed by atoms with Gasteiger partial charge in [0.25, 0.3) is 10.1 Å². The molecular weight excluding hydrogens is 783 g/mol. The molecule has 294 valence electrons. The van der Waals surface area contributed by atoms with E-state index in [9.17, 15) is 25.9 Å². The first-order valence-electron chi connectivity index (χ1n) is 18.7. The van der Waals surface area contributed by atoms with Gasteiger partial charge >= 0.3 is 0 Å². The molecule has 2 heterocycles. The van der Waals surface area contributed by atoms with Crippen molar-refractivity contribution in [2.75, 3.05) is 29.5 Å². The molecule has 0 atom stereocenters. The van der Waals surface area contributed by atoms with Gasteiger partial charge in [-0.3, -0.25) is 4.55 Å². The van der Waals surface area contributed by atoms with E-state index in [0.29, 0.717) is 13.1 Å². The monoisotopic (exact) mass is 829 g/mol. The Hall–Kier alpha value is -3.94. The van der Waals surface area contributed by atoms with Gasteiger partial charge in [0.15, 0.2) is 5.71 Å². The van der Waals surface area contributed by atoms with Crippen LogP contribution in [0, 0.1) is 0 Å². The van der Waals surface area contributed by atoms with Gasteiger partial charge in [-0.2, -0.15) is 18.0 Å². The second-order valence-electron chi connectivity index (χ2n) is 15.3. The molecule has 1 N–H and O–H groups in total. The molecule has 0 amide bonds. The molecule has 0 spiro atoms. The van der Waals surface area contributed by atoms with E-state index in [1.807, 2.05) is 54.6 Å². The number of aliphatic imine (C=N–C) groups is 1. The van der Waals surface area contributed by atoms with Crippen molar-refractivity contribution in [2.24, 2.45) is 4.99 Å². The minimum atomic E-state index is -4.34. The molecule has 0 bridgehead atoms. The van der Waals surface area contributed by atoms with Crippen LogP contribution in [0.4, 0.5) is 17.1 Å². The Bertz CT molecular complexity index is 2440. The predicted octanol–water partition coefficient (Wildman–Crippen LogP) is 9.40. The summed E-state index contributed by atoms with van der Waals surface area (Å²) in [6, 6.07) is 24.2. The molecule has 9 nitrogen and oxygen atoms in total. The Morgan fingerprint density at radius 1 is 0.893 bits per heavy atom. The molecule has 2 aliphatic heterocycles. The van der Waals surface area contributed by atoms with E-state index < -0.39 is 26.0 Å². The van der Waals surface area contributed by atoms with E-state index in [1.165, 1.54) is 11.1 Å². The van der Waals surface area contributed by atoms with Gasteiger partial charge < -0.3 is 9.45 Å². The van der Waals surface area contributed by atoms with Crippen molar-refractivity contribution >= 4 is 72.2 Å². The number of hydrogen-bond acceptors (Lipinski definition) is 9. The topological polar surface area (TPSA) is 130 Å². The number of benzene rings is 3. The molecule has 3 aromatic carbocycles. The number of hydrogen-bond donors (Lipinski definition) is 1. The van der Waals surface area contributed by atoms with Gasteiger partial charge in [-0.05, 0) is 105 Å². The molecule has 3 aliphatic rings. The Labute approximate surface area is 340 Å². The van der Waals surface area contributed by atoms with E-state index in [1.54, 1.807) is 11.8 Å². The Morgan fingerprint density at radius 2 is 1.59 bits per heavy atom. The fourth-order valence-electron chi connectivity index (χ4n) is 8.04. The highest BCUT2D eigenvalue weighted by Crippen LogP contribution is 2.49. The zero-order valence-electron chi connectivity index (χ0n) is 32.1. The van der Waals surface area contributed by atoms with Crippen LogP contribution in [-0.4, -0.2) is 66.0 Å². The maximum absolute atomic E-state index is 11.6. The summed E-state index contributed by atoms with van der Waals surface area (Å²) in [4.78, 5) is 8.47. The fraction of sp³-hybridized carbons (Fsp3) is 0.349. The molecule has 0 fully saturated rings. The van der Waals surface area contributed by atoms with Crippen molar-refractivity contribution in [3.05, 3.63) is 130 Å². The van der Waals surface area contributed by atoms with Gasteiger partial charge in [0.05, 0.1) is 32.1 Å². The van der Waals surface area contributed by atoms with Crippen LogP contribution < -0.4 is 4.90 Å². The number of rotatable bonds is 14. The molecule has 56 heavy (non-hydrogen) atoms. The van der Waals surface area contributed by atoms with Gasteiger partial charge in [0.1, 0.15) is 6.54 Å². The highest BCUT2D eigenvalue weighted by molar-refractivity contribution is 8.03. The minimum Gasteiger partial charge on any atom is -0.748 e. The highest BCUT2D eigenvalue weighted by atomic mass is 32.2. The van der Waals surface area contributed by atoms with Crippen molar-refractivity contribution in [1.82, 2.24) is 0 Å². The zero-order valence-corrected chi connectivity index (χ0v) is 35.3. The smallest absolute Gasteiger partial charge is 0.264 e. The molecule has 0 unspecified atom stereocenters. The van der Waals surface area contributed by atoms with Crippen LogP contribution in [0.15, 0.2) is 129 Å². The quantitative estimate of drug-likeness (QED) is 0.0731. The van der Waals surface area contributed by atoms with Crippen molar-refractivity contribution in [3.63, 3.8) is 0 Å². The van der Waals surface area contributed by atoms with Crippen LogP contribution in [0.3, 0.4) is 0 Å². The summed E-state index contributed by atoms with van der Waals surface area (Å²) < 4.78 is 69.5. The minimum absolute atomic E-state index is 0.218. The molecule has 0 saturated carbocycles. The second kappa shape index (κ2) is 16.9. The summed E-state index contributed by atoms with van der Waals surface area (Å²) in [6.07, 6.45) is 11.9. The zero-order chi connectivity index (χ0) is 40.3. The van der Waals surface area contributed by atoms with E-state index in [4.69, 9.17) is 12.2 Å². The summed E-state index contributed by atoms with van der Waals surface area (Å²) in [5.41, 5.74) is 8.78. The van der Waals surface area contributed by atoms with Gasteiger partial charge in [0.2, 0.25) is 5.69 Å². The van der Waals surface area contributed by atoms with Crippen LogP contribution in [-0.2, 0) is 31.1 Å². The lowest BCUT2D eigenvalue weighted by Gasteiger charge is -2.27. The second-order valence-corrected chi connectivity index (χ2v) is 19.7. The predicted molar refractivity (Wildman–Crippen MR) is 229 cm³/mol. The van der Waals surface area contributed by atoms with Gasteiger partial charge in [0, 0.05) is 63.0 Å². The number of thiocarbonyl (C=S) groups is 1. The highest BCUT2D eigenvalue weighted by Gasteiger charge is 2.44. The largest absolute Gasteiger partial charge is 0.748 e. The molecule has 13 heteroatoms. The van der Waals surface area contributed by atoms with Crippen molar-refractivity contribution < 1.29 is 30.5 Å². The molecule has 1 aliphatic carbocycles. The van der Waals surface area contributed by atoms with Crippen molar-refractivity contribution in [3.8, 4) is 0 Å². The van der Waals surface area contributed by atoms with Gasteiger partial charge in [-0.25, -0.2) is 8.42 Å². The summed E-state index contributed by atoms with van der Waals surface area (Å²) >= 11 is 6.51. The summed E-state index contributed by atoms with van der Waals surface area (Å²) in [5, 5.41) is 2.43. The van der Waals surface area contributed by atoms with E-state index in [-0.39, 0.29) is 29.4 Å². The van der Waals surface area contributed by atoms with Crippen LogP contribution in [0.25, 0.3) is 0 Å². The number of isothiocyanates is 1. The molecule has 0 radical (unpaired) electrons. The SMILES string of the molecule is CC1(C)C(/C=C/C2=C(Sc3ccc(N=C=S)cc3)C(=C/C=C3/N(CCCS(=O)(=O)O)c4ccccc4C3(C)C)/CCC2)=[N+](CCCS(=O)(=O)[O-])c2ccccc21. The molecule has 0 aromatic heterocycles. The van der Waals surface area contributed by atoms with Crippen LogP contribution in [0.2, 0.25) is 0 Å². The maximum atomic E-state index is 11.6. The molecule has 0 saturated heterocycles. The lowest BCUT2D eigenvalue weighted by molar-refractivity contribution is -0.437. The van der Waals surface area contributed by atoms with Gasteiger partial charge in [-0.1, -0.05) is 74.2 Å². The number of fused-ring (bicyclic) bond motifs is 2. The average Bonchev–Trinajstić information content (AvgIpc) is 3.48. The van der Waals surface area contributed by atoms with Gasteiger partial charge in [-0.15, -0.1) is 0 Å². The molecular formula is C43H47N3O6S4. The number of nitrogens with zero attached hydrogens (tertiary/aromatic N) is 3. The third-order valence-corrected chi connectivity index (χ3v) is 13.7. The summed E-state index contributed by atoms with van der Waals surface area (Å²) in [7, 11) is -8.44. The first-order valence-corrected chi connectivity index (χ1v) is 23.1. The fourth-order valence-corrected chi connectivity index (χ4v) is 10.2. The number of allylic oxidation sites excluding steroid dienone is 7. The van der Waals surface area contributed by atoms with Crippen molar-refractivity contribution in [2.45, 2.75) is 75.5 Å². The van der Waals surface area contributed by atoms with E-state index in [2.05, 4.69) is 89.8 Å². The van der Waals surface area contributed by atoms with Crippen LogP contribution in [0.5, 0.6) is 0 Å². The van der Waals surface area contributed by atoms with E-state index >= 15 is 0 Å². The lowest BCUT2D eigenvalue weighted by atomic mass is 9.81. The Balaban J connectivity index is 1.44. The first-order chi connectivity index (χ1) is 26.5. The van der Waals surface area contributed by atoms with E-state index in [0.717, 1.165) is 68.7 Å². The average molecular weight is 830 g/mol.